The maximum absolute atomic E-state index is 13.1. The summed E-state index contributed by atoms with van der Waals surface area (Å²) >= 11 is 1.36. The number of methoxy groups -OCH3 is 2. The van der Waals surface area contributed by atoms with Gasteiger partial charge in [-0.1, -0.05) is 12.1 Å². The van der Waals surface area contributed by atoms with Gasteiger partial charge in [0.25, 0.3) is 0 Å². The molecule has 26 heavy (non-hydrogen) atoms. The van der Waals surface area contributed by atoms with Crippen LogP contribution in [-0.4, -0.2) is 19.2 Å². The Hall–Kier alpha value is -3.17. The predicted molar refractivity (Wildman–Crippen MR) is 101 cm³/mol. The van der Waals surface area contributed by atoms with Crippen LogP contribution in [0.4, 0.5) is 4.39 Å². The number of para-hydroxylation sites is 1. The molecule has 2 aromatic carbocycles. The summed E-state index contributed by atoms with van der Waals surface area (Å²) in [5.41, 5.74) is 2.63. The number of nitrogens with zero attached hydrogens (tertiary/aromatic N) is 2. The number of thiazole rings is 1. The van der Waals surface area contributed by atoms with Crippen molar-refractivity contribution in [2.75, 3.05) is 14.2 Å². The van der Waals surface area contributed by atoms with Gasteiger partial charge in [-0.3, -0.25) is 0 Å². The van der Waals surface area contributed by atoms with Crippen LogP contribution in [0.15, 0.2) is 47.8 Å². The Morgan fingerprint density at radius 2 is 1.92 bits per heavy atom. The number of rotatable bonds is 5. The van der Waals surface area contributed by atoms with Crippen molar-refractivity contribution in [1.29, 1.82) is 5.26 Å². The van der Waals surface area contributed by atoms with Crippen LogP contribution in [0, 0.1) is 17.1 Å². The van der Waals surface area contributed by atoms with Crippen molar-refractivity contribution in [1.82, 2.24) is 4.98 Å². The lowest BCUT2D eigenvalue weighted by atomic mass is 10.1. The number of ether oxygens (including phenoxy) is 2. The number of benzene rings is 2. The molecule has 0 N–H and O–H groups in total. The van der Waals surface area contributed by atoms with Gasteiger partial charge in [0, 0.05) is 16.5 Å². The van der Waals surface area contributed by atoms with E-state index in [4.69, 9.17) is 9.47 Å². The molecule has 0 bridgehead atoms. The molecule has 130 valence electrons. The Kier molecular flexibility index (Phi) is 5.30. The quantitative estimate of drug-likeness (QED) is 0.594. The van der Waals surface area contributed by atoms with Gasteiger partial charge in [-0.2, -0.15) is 5.26 Å². The molecule has 0 saturated heterocycles. The third-order valence-electron chi connectivity index (χ3n) is 3.73. The smallest absolute Gasteiger partial charge is 0.167 e. The van der Waals surface area contributed by atoms with E-state index in [1.54, 1.807) is 38.5 Å². The fraction of sp³-hybridized carbons (Fsp3) is 0.100. The SMILES string of the molecule is COc1cccc(/C=C(\C#N)c2nc(-c3ccc(F)cc3)cs2)c1OC. The number of hydrogen-bond acceptors (Lipinski definition) is 5. The van der Waals surface area contributed by atoms with Crippen LogP contribution in [0.25, 0.3) is 22.9 Å². The van der Waals surface area contributed by atoms with E-state index in [1.165, 1.54) is 23.5 Å². The van der Waals surface area contributed by atoms with Gasteiger partial charge in [-0.05, 0) is 36.4 Å². The molecule has 6 heteroatoms. The lowest BCUT2D eigenvalue weighted by molar-refractivity contribution is 0.354. The highest BCUT2D eigenvalue weighted by atomic mass is 32.1. The average Bonchev–Trinajstić information content (AvgIpc) is 3.16. The zero-order valence-corrected chi connectivity index (χ0v) is 15.0. The van der Waals surface area contributed by atoms with E-state index in [0.717, 1.165) is 11.1 Å². The Balaban J connectivity index is 1.99. The summed E-state index contributed by atoms with van der Waals surface area (Å²) in [4.78, 5) is 4.51. The van der Waals surface area contributed by atoms with E-state index in [0.29, 0.717) is 27.8 Å². The largest absolute Gasteiger partial charge is 0.493 e. The van der Waals surface area contributed by atoms with Crippen molar-refractivity contribution in [3.8, 4) is 28.8 Å². The minimum Gasteiger partial charge on any atom is -0.493 e. The van der Waals surface area contributed by atoms with Gasteiger partial charge in [-0.25, -0.2) is 9.37 Å². The molecule has 0 saturated carbocycles. The van der Waals surface area contributed by atoms with Crippen LogP contribution in [-0.2, 0) is 0 Å². The van der Waals surface area contributed by atoms with Crippen LogP contribution in [0.5, 0.6) is 11.5 Å². The van der Waals surface area contributed by atoms with Gasteiger partial charge in [0.1, 0.15) is 16.9 Å². The highest BCUT2D eigenvalue weighted by Gasteiger charge is 2.12. The molecule has 0 amide bonds. The molecule has 3 aromatic rings. The maximum atomic E-state index is 13.1. The molecule has 0 radical (unpaired) electrons. The van der Waals surface area contributed by atoms with Crippen molar-refractivity contribution in [3.05, 3.63) is 64.2 Å². The van der Waals surface area contributed by atoms with Gasteiger partial charge in [-0.15, -0.1) is 11.3 Å². The van der Waals surface area contributed by atoms with Gasteiger partial charge in [0.15, 0.2) is 11.5 Å². The second-order valence-corrected chi connectivity index (χ2v) is 6.16. The Labute approximate surface area is 154 Å². The minimum absolute atomic E-state index is 0.299. The van der Waals surface area contributed by atoms with Gasteiger partial charge < -0.3 is 9.47 Å². The third kappa shape index (κ3) is 3.58. The molecule has 0 spiro atoms. The zero-order valence-electron chi connectivity index (χ0n) is 14.2. The number of nitriles is 1. The van der Waals surface area contributed by atoms with Crippen LogP contribution >= 0.6 is 11.3 Å². The second kappa shape index (κ2) is 7.81. The van der Waals surface area contributed by atoms with E-state index < -0.39 is 0 Å². The fourth-order valence-corrected chi connectivity index (χ4v) is 3.27. The summed E-state index contributed by atoms with van der Waals surface area (Å²) in [5.74, 6) is 0.842. The van der Waals surface area contributed by atoms with Crippen molar-refractivity contribution in [2.24, 2.45) is 0 Å². The molecule has 0 aliphatic rings. The number of halogens is 1. The first-order valence-corrected chi connectivity index (χ1v) is 8.59. The fourth-order valence-electron chi connectivity index (χ4n) is 2.47. The molecule has 0 aliphatic heterocycles. The van der Waals surface area contributed by atoms with Crippen LogP contribution < -0.4 is 9.47 Å². The Morgan fingerprint density at radius 3 is 2.58 bits per heavy atom. The molecule has 4 nitrogen and oxygen atoms in total. The lowest BCUT2D eigenvalue weighted by Crippen LogP contribution is -1.93. The molecule has 0 aliphatic carbocycles. The van der Waals surface area contributed by atoms with E-state index in [9.17, 15) is 9.65 Å². The van der Waals surface area contributed by atoms with Gasteiger partial charge in [0.2, 0.25) is 0 Å². The summed E-state index contributed by atoms with van der Waals surface area (Å²) in [6.07, 6.45) is 1.72. The van der Waals surface area contributed by atoms with Crippen LogP contribution in [0.2, 0.25) is 0 Å². The molecule has 1 heterocycles. The highest BCUT2D eigenvalue weighted by Crippen LogP contribution is 2.34. The highest BCUT2D eigenvalue weighted by molar-refractivity contribution is 7.11. The van der Waals surface area contributed by atoms with E-state index >= 15 is 0 Å². The molecular weight excluding hydrogens is 351 g/mol. The topological polar surface area (TPSA) is 55.1 Å². The van der Waals surface area contributed by atoms with E-state index in [1.807, 2.05) is 17.5 Å². The monoisotopic (exact) mass is 366 g/mol. The van der Waals surface area contributed by atoms with Crippen molar-refractivity contribution < 1.29 is 13.9 Å². The van der Waals surface area contributed by atoms with Crippen LogP contribution in [0.1, 0.15) is 10.6 Å². The molecule has 0 atom stereocenters. The average molecular weight is 366 g/mol. The predicted octanol–water partition coefficient (Wildman–Crippen LogP) is 5.03. The summed E-state index contributed by atoms with van der Waals surface area (Å²) in [7, 11) is 3.11. The van der Waals surface area contributed by atoms with E-state index in [-0.39, 0.29) is 5.82 Å². The third-order valence-corrected chi connectivity index (χ3v) is 4.60. The minimum atomic E-state index is -0.299. The summed E-state index contributed by atoms with van der Waals surface area (Å²) in [6.45, 7) is 0. The molecule has 3 rings (SSSR count). The normalized spacial score (nSPS) is 11.1. The summed E-state index contributed by atoms with van der Waals surface area (Å²) < 4.78 is 23.8. The Bertz CT molecular complexity index is 988. The first-order valence-electron chi connectivity index (χ1n) is 7.71. The summed E-state index contributed by atoms with van der Waals surface area (Å²) in [6, 6.07) is 13.7. The van der Waals surface area contributed by atoms with E-state index in [2.05, 4.69) is 11.1 Å². The van der Waals surface area contributed by atoms with Crippen molar-refractivity contribution >= 4 is 23.0 Å². The zero-order chi connectivity index (χ0) is 18.5. The first-order chi connectivity index (χ1) is 12.7. The molecule has 1 aromatic heterocycles. The first kappa shape index (κ1) is 17.6. The van der Waals surface area contributed by atoms with Gasteiger partial charge in [0.05, 0.1) is 25.5 Å². The number of allylic oxidation sites excluding steroid dienone is 1. The molecular formula is C20H15FN2O2S. The van der Waals surface area contributed by atoms with Crippen molar-refractivity contribution in [3.63, 3.8) is 0 Å². The molecule has 0 fully saturated rings. The number of hydrogen-bond donors (Lipinski definition) is 0. The number of aromatic nitrogens is 1. The Morgan fingerprint density at radius 1 is 1.15 bits per heavy atom. The van der Waals surface area contributed by atoms with Gasteiger partial charge >= 0.3 is 0 Å². The maximum Gasteiger partial charge on any atom is 0.167 e. The standard InChI is InChI=1S/C20H15FN2O2S/c1-24-18-5-3-4-14(19(18)25-2)10-15(11-22)20-23-17(12-26-20)13-6-8-16(21)9-7-13/h3-10,12H,1-2H3/b15-10+. The van der Waals surface area contributed by atoms with Crippen molar-refractivity contribution in [2.45, 2.75) is 0 Å². The molecule has 0 unspecified atom stereocenters. The second-order valence-electron chi connectivity index (χ2n) is 5.30. The van der Waals surface area contributed by atoms with Crippen LogP contribution in [0.3, 0.4) is 0 Å². The summed E-state index contributed by atoms with van der Waals surface area (Å²) in [5, 5.41) is 12.0. The lowest BCUT2D eigenvalue weighted by Gasteiger charge is -2.10.